The number of carbonyl (C=O) groups excluding carboxylic acids is 1. The van der Waals surface area contributed by atoms with Gasteiger partial charge in [-0.05, 0) is 36.8 Å². The molecule has 32 heavy (non-hydrogen) atoms. The normalized spacial score (nSPS) is 12.9. The first-order chi connectivity index (χ1) is 15.2. The second-order valence-corrected chi connectivity index (χ2v) is 9.98. The van der Waals surface area contributed by atoms with Gasteiger partial charge in [0, 0.05) is 38.0 Å². The summed E-state index contributed by atoms with van der Waals surface area (Å²) in [6, 6.07) is 12.2. The van der Waals surface area contributed by atoms with E-state index in [2.05, 4.69) is 10.3 Å². The van der Waals surface area contributed by atoms with E-state index in [9.17, 15) is 13.2 Å². The summed E-state index contributed by atoms with van der Waals surface area (Å²) in [6.07, 6.45) is 0.695. The standard InChI is InChI=1S/C23H29ClN4O3S/c1-5-28(6-2)32(30,31)17-11-12-21-20(15-17)26-22(27(21)4)13-14-23(29)25-16(3)18-9-7-8-10-19(18)24/h7-12,15-16H,5-6,13-14H2,1-4H3,(H,25,29). The summed E-state index contributed by atoms with van der Waals surface area (Å²) in [5.74, 6) is 0.618. The number of hydrogen-bond acceptors (Lipinski definition) is 4. The van der Waals surface area contributed by atoms with Crippen LogP contribution < -0.4 is 5.32 Å². The average Bonchev–Trinajstić information content (AvgIpc) is 3.08. The maximum atomic E-state index is 12.8. The molecule has 1 N–H and O–H groups in total. The van der Waals surface area contributed by atoms with E-state index in [4.69, 9.17) is 11.6 Å². The molecule has 1 heterocycles. The van der Waals surface area contributed by atoms with Crippen molar-refractivity contribution in [3.8, 4) is 0 Å². The molecule has 1 unspecified atom stereocenters. The lowest BCUT2D eigenvalue weighted by Gasteiger charge is -2.18. The van der Waals surface area contributed by atoms with Gasteiger partial charge in [-0.25, -0.2) is 13.4 Å². The van der Waals surface area contributed by atoms with Crippen LogP contribution in [0.2, 0.25) is 5.02 Å². The second-order valence-electron chi connectivity index (χ2n) is 7.64. The van der Waals surface area contributed by atoms with Gasteiger partial charge in [-0.3, -0.25) is 4.79 Å². The Balaban J connectivity index is 1.73. The van der Waals surface area contributed by atoms with Gasteiger partial charge in [0.2, 0.25) is 15.9 Å². The lowest BCUT2D eigenvalue weighted by molar-refractivity contribution is -0.121. The Bertz CT molecular complexity index is 1220. The molecule has 0 saturated heterocycles. The third-order valence-electron chi connectivity index (χ3n) is 5.61. The summed E-state index contributed by atoms with van der Waals surface area (Å²) in [5, 5.41) is 3.59. The lowest BCUT2D eigenvalue weighted by atomic mass is 10.1. The van der Waals surface area contributed by atoms with Gasteiger partial charge in [0.15, 0.2) is 0 Å². The number of nitrogens with one attached hydrogen (secondary N) is 1. The van der Waals surface area contributed by atoms with Gasteiger partial charge in [-0.2, -0.15) is 4.31 Å². The minimum Gasteiger partial charge on any atom is -0.350 e. The van der Waals surface area contributed by atoms with Gasteiger partial charge >= 0.3 is 0 Å². The van der Waals surface area contributed by atoms with Gasteiger partial charge in [0.25, 0.3) is 0 Å². The van der Waals surface area contributed by atoms with Crippen molar-refractivity contribution in [1.29, 1.82) is 0 Å². The molecule has 3 rings (SSSR count). The molecule has 0 radical (unpaired) electrons. The number of imidazole rings is 1. The van der Waals surface area contributed by atoms with E-state index in [1.54, 1.807) is 24.3 Å². The molecule has 0 spiro atoms. The monoisotopic (exact) mass is 476 g/mol. The smallest absolute Gasteiger partial charge is 0.243 e. The van der Waals surface area contributed by atoms with Crippen molar-refractivity contribution >= 4 is 38.6 Å². The van der Waals surface area contributed by atoms with E-state index >= 15 is 0 Å². The van der Waals surface area contributed by atoms with Crippen LogP contribution in [0.15, 0.2) is 47.4 Å². The highest BCUT2D eigenvalue weighted by Gasteiger charge is 2.23. The number of hydrogen-bond donors (Lipinski definition) is 1. The van der Waals surface area contributed by atoms with Crippen LogP contribution in [0.3, 0.4) is 0 Å². The van der Waals surface area contributed by atoms with Crippen LogP contribution in [0.25, 0.3) is 11.0 Å². The quantitative estimate of drug-likeness (QED) is 0.504. The average molecular weight is 477 g/mol. The summed E-state index contributed by atoms with van der Waals surface area (Å²) < 4.78 is 29.0. The highest BCUT2D eigenvalue weighted by atomic mass is 35.5. The van der Waals surface area contributed by atoms with Crippen molar-refractivity contribution in [3.63, 3.8) is 0 Å². The van der Waals surface area contributed by atoms with E-state index < -0.39 is 10.0 Å². The van der Waals surface area contributed by atoms with Gasteiger partial charge in [-0.1, -0.05) is 43.6 Å². The molecule has 7 nitrogen and oxygen atoms in total. The van der Waals surface area contributed by atoms with Crippen molar-refractivity contribution < 1.29 is 13.2 Å². The summed E-state index contributed by atoms with van der Waals surface area (Å²) in [7, 11) is -1.69. The molecule has 9 heteroatoms. The SMILES string of the molecule is CCN(CC)S(=O)(=O)c1ccc2c(c1)nc(CCC(=O)NC(C)c1ccccc1Cl)n2C. The minimum absolute atomic E-state index is 0.103. The van der Waals surface area contributed by atoms with Crippen LogP contribution in [0.4, 0.5) is 0 Å². The van der Waals surface area contributed by atoms with Crippen molar-refractivity contribution in [2.45, 2.75) is 44.6 Å². The number of aromatic nitrogens is 2. The zero-order valence-corrected chi connectivity index (χ0v) is 20.4. The molecule has 0 aliphatic heterocycles. The molecular formula is C23H29ClN4O3S. The Morgan fingerprint density at radius 2 is 1.88 bits per heavy atom. The first kappa shape index (κ1) is 24.2. The zero-order valence-electron chi connectivity index (χ0n) is 18.8. The summed E-state index contributed by atoms with van der Waals surface area (Å²) in [5.41, 5.74) is 2.29. The highest BCUT2D eigenvalue weighted by Crippen LogP contribution is 2.24. The van der Waals surface area contributed by atoms with Gasteiger partial charge in [0.1, 0.15) is 5.82 Å². The predicted molar refractivity (Wildman–Crippen MR) is 127 cm³/mol. The number of benzene rings is 2. The topological polar surface area (TPSA) is 84.3 Å². The predicted octanol–water partition coefficient (Wildman–Crippen LogP) is 4.07. The fraction of sp³-hybridized carbons (Fsp3) is 0.391. The Hall–Kier alpha value is -2.42. The van der Waals surface area contributed by atoms with Crippen LogP contribution in [0, 0.1) is 0 Å². The number of fused-ring (bicyclic) bond motifs is 1. The van der Waals surface area contributed by atoms with Crippen molar-refractivity contribution in [2.75, 3.05) is 13.1 Å². The Labute approximate surface area is 194 Å². The van der Waals surface area contributed by atoms with Crippen LogP contribution in [0.1, 0.15) is 44.6 Å². The van der Waals surface area contributed by atoms with Crippen molar-refractivity contribution in [3.05, 3.63) is 58.9 Å². The molecule has 1 amide bonds. The van der Waals surface area contributed by atoms with Crippen LogP contribution in [-0.2, 0) is 28.3 Å². The zero-order chi connectivity index (χ0) is 23.5. The number of halogens is 1. The van der Waals surface area contributed by atoms with E-state index in [0.717, 1.165) is 16.9 Å². The third kappa shape index (κ3) is 4.98. The number of carbonyl (C=O) groups is 1. The molecule has 0 fully saturated rings. The molecular weight excluding hydrogens is 448 g/mol. The second kappa shape index (κ2) is 10.0. The van der Waals surface area contributed by atoms with Crippen LogP contribution in [-0.4, -0.2) is 41.3 Å². The first-order valence-corrected chi connectivity index (χ1v) is 12.5. The van der Waals surface area contributed by atoms with Gasteiger partial charge in [-0.15, -0.1) is 0 Å². The van der Waals surface area contributed by atoms with E-state index in [1.807, 2.05) is 50.6 Å². The Morgan fingerprint density at radius 3 is 2.53 bits per heavy atom. The molecule has 0 aliphatic carbocycles. The molecule has 172 valence electrons. The fourth-order valence-corrected chi connectivity index (χ4v) is 5.55. The number of rotatable bonds is 9. The summed E-state index contributed by atoms with van der Waals surface area (Å²) in [4.78, 5) is 17.3. The molecule has 2 aromatic carbocycles. The maximum Gasteiger partial charge on any atom is 0.243 e. The van der Waals surface area contributed by atoms with Crippen LogP contribution in [0.5, 0.6) is 0 Å². The summed E-state index contributed by atoms with van der Waals surface area (Å²) in [6.45, 7) is 6.34. The largest absolute Gasteiger partial charge is 0.350 e. The molecule has 1 aromatic heterocycles. The molecule has 0 aliphatic rings. The fourth-order valence-electron chi connectivity index (χ4n) is 3.77. The molecule has 0 bridgehead atoms. The molecule has 3 aromatic rings. The lowest BCUT2D eigenvalue weighted by Crippen LogP contribution is -2.30. The van der Waals surface area contributed by atoms with E-state index in [1.165, 1.54) is 4.31 Å². The van der Waals surface area contributed by atoms with Crippen LogP contribution >= 0.6 is 11.6 Å². The summed E-state index contributed by atoms with van der Waals surface area (Å²) >= 11 is 6.21. The minimum atomic E-state index is -3.56. The number of nitrogens with zero attached hydrogens (tertiary/aromatic N) is 3. The molecule has 0 saturated carbocycles. The third-order valence-corrected chi connectivity index (χ3v) is 8.00. The number of amides is 1. The van der Waals surface area contributed by atoms with Crippen molar-refractivity contribution in [1.82, 2.24) is 19.2 Å². The highest BCUT2D eigenvalue weighted by molar-refractivity contribution is 7.89. The first-order valence-electron chi connectivity index (χ1n) is 10.7. The number of aryl methyl sites for hydroxylation is 2. The van der Waals surface area contributed by atoms with Gasteiger partial charge < -0.3 is 9.88 Å². The van der Waals surface area contributed by atoms with Gasteiger partial charge in [0.05, 0.1) is 22.0 Å². The number of sulfonamides is 1. The maximum absolute atomic E-state index is 12.8. The molecule has 1 atom stereocenters. The Kier molecular flexibility index (Phi) is 7.59. The van der Waals surface area contributed by atoms with E-state index in [0.29, 0.717) is 30.0 Å². The van der Waals surface area contributed by atoms with Crippen molar-refractivity contribution in [2.24, 2.45) is 7.05 Å². The Morgan fingerprint density at radius 1 is 1.19 bits per heavy atom. The van der Waals surface area contributed by atoms with E-state index in [-0.39, 0.29) is 23.3 Å².